The third-order valence-corrected chi connectivity index (χ3v) is 7.63. The van der Waals surface area contributed by atoms with Gasteiger partial charge in [0.2, 0.25) is 20.0 Å². The molecule has 7 nitrogen and oxygen atoms in total. The number of nitrogens with zero attached hydrogens (tertiary/aromatic N) is 1. The smallest absolute Gasteiger partial charge is 0.243 e. The lowest BCUT2D eigenvalue weighted by atomic mass is 9.95. The Morgan fingerprint density at radius 3 is 1.91 bits per heavy atom. The second-order valence-corrected chi connectivity index (χ2v) is 9.30. The van der Waals surface area contributed by atoms with Crippen LogP contribution in [0.2, 0.25) is 0 Å². The lowest BCUT2D eigenvalue weighted by molar-refractivity contribution is 0.363. The van der Waals surface area contributed by atoms with E-state index in [2.05, 4.69) is 4.72 Å². The molecular formula is C14H25N3O4S2. The van der Waals surface area contributed by atoms with Gasteiger partial charge in [-0.25, -0.2) is 25.9 Å². The van der Waals surface area contributed by atoms with Crippen molar-refractivity contribution in [2.24, 2.45) is 5.73 Å². The fourth-order valence-electron chi connectivity index (χ4n) is 2.15. The normalized spacial score (nSPS) is 13.5. The molecule has 0 radical (unpaired) electrons. The molecule has 0 heterocycles. The third kappa shape index (κ3) is 4.10. The lowest BCUT2D eigenvalue weighted by Gasteiger charge is -2.31. The summed E-state index contributed by atoms with van der Waals surface area (Å²) in [6.07, 6.45) is 1.00. The first kappa shape index (κ1) is 20.0. The quantitative estimate of drug-likeness (QED) is 0.708. The topological polar surface area (TPSA) is 110 Å². The summed E-state index contributed by atoms with van der Waals surface area (Å²) in [4.78, 5) is -0.524. The second kappa shape index (κ2) is 7.27. The Kier molecular flexibility index (Phi) is 6.33. The predicted molar refractivity (Wildman–Crippen MR) is 90.0 cm³/mol. The molecule has 0 aliphatic rings. The first-order chi connectivity index (χ1) is 10.6. The van der Waals surface area contributed by atoms with Crippen LogP contribution < -0.4 is 10.5 Å². The Bertz CT molecular complexity index is 731. The molecule has 23 heavy (non-hydrogen) atoms. The van der Waals surface area contributed by atoms with Crippen molar-refractivity contribution in [3.05, 3.63) is 24.3 Å². The van der Waals surface area contributed by atoms with Crippen LogP contribution >= 0.6 is 0 Å². The van der Waals surface area contributed by atoms with Crippen LogP contribution in [0.15, 0.2) is 34.1 Å². The minimum absolute atomic E-state index is 0.127. The number of hydrogen-bond acceptors (Lipinski definition) is 5. The summed E-state index contributed by atoms with van der Waals surface area (Å²) >= 11 is 0. The van der Waals surface area contributed by atoms with E-state index in [1.807, 2.05) is 13.8 Å². The Balaban J connectivity index is 3.48. The van der Waals surface area contributed by atoms with E-state index < -0.39 is 25.6 Å². The summed E-state index contributed by atoms with van der Waals surface area (Å²) < 4.78 is 53.9. The van der Waals surface area contributed by atoms with Crippen LogP contribution in [-0.2, 0) is 20.0 Å². The van der Waals surface area contributed by atoms with E-state index in [9.17, 15) is 16.8 Å². The maximum absolute atomic E-state index is 12.8. The molecule has 0 saturated carbocycles. The molecule has 0 aliphatic carbocycles. The first-order valence-corrected chi connectivity index (χ1v) is 10.2. The van der Waals surface area contributed by atoms with Gasteiger partial charge in [-0.1, -0.05) is 26.0 Å². The molecule has 0 fully saturated rings. The Hall–Kier alpha value is -1.00. The molecule has 0 aliphatic heterocycles. The molecule has 9 heteroatoms. The van der Waals surface area contributed by atoms with E-state index in [-0.39, 0.29) is 16.3 Å². The van der Waals surface area contributed by atoms with Crippen LogP contribution in [0.25, 0.3) is 0 Å². The van der Waals surface area contributed by atoms with E-state index in [1.165, 1.54) is 38.4 Å². The van der Waals surface area contributed by atoms with E-state index in [1.54, 1.807) is 0 Å². The number of hydrogen-bond donors (Lipinski definition) is 2. The van der Waals surface area contributed by atoms with Crippen LogP contribution in [0.5, 0.6) is 0 Å². The van der Waals surface area contributed by atoms with Gasteiger partial charge < -0.3 is 5.73 Å². The van der Waals surface area contributed by atoms with Crippen LogP contribution in [0, 0.1) is 0 Å². The average Bonchev–Trinajstić information content (AvgIpc) is 2.52. The van der Waals surface area contributed by atoms with Crippen LogP contribution in [-0.4, -0.2) is 47.3 Å². The van der Waals surface area contributed by atoms with E-state index >= 15 is 0 Å². The van der Waals surface area contributed by atoms with Gasteiger partial charge in [0, 0.05) is 26.2 Å². The molecule has 0 unspecified atom stereocenters. The molecule has 3 N–H and O–H groups in total. The summed E-state index contributed by atoms with van der Waals surface area (Å²) in [5.41, 5.74) is 4.93. The van der Waals surface area contributed by atoms with Crippen molar-refractivity contribution in [3.8, 4) is 0 Å². The standard InChI is InChI=1S/C14H25N3O4S2/c1-5-14(6-2,11-15)16-22(18,19)12-9-7-8-10-13(12)23(20,21)17(3)4/h7-10,16H,5-6,11,15H2,1-4H3. The van der Waals surface area contributed by atoms with Crippen molar-refractivity contribution in [3.63, 3.8) is 0 Å². The number of sulfonamides is 2. The molecule has 1 rings (SSSR count). The molecule has 0 amide bonds. The van der Waals surface area contributed by atoms with E-state index in [4.69, 9.17) is 5.73 Å². The predicted octanol–water partition coefficient (Wildman–Crippen LogP) is 0.733. The highest BCUT2D eigenvalue weighted by molar-refractivity contribution is 7.92. The SMILES string of the molecule is CCC(CC)(CN)NS(=O)(=O)c1ccccc1S(=O)(=O)N(C)C. The molecule has 1 aromatic carbocycles. The van der Waals surface area contributed by atoms with Gasteiger partial charge in [0.15, 0.2) is 0 Å². The van der Waals surface area contributed by atoms with Gasteiger partial charge in [0.1, 0.15) is 9.79 Å². The monoisotopic (exact) mass is 363 g/mol. The van der Waals surface area contributed by atoms with Gasteiger partial charge in [-0.15, -0.1) is 0 Å². The van der Waals surface area contributed by atoms with Crippen molar-refractivity contribution >= 4 is 20.0 Å². The average molecular weight is 364 g/mol. The van der Waals surface area contributed by atoms with Crippen LogP contribution in [0.1, 0.15) is 26.7 Å². The van der Waals surface area contributed by atoms with Gasteiger partial charge >= 0.3 is 0 Å². The second-order valence-electron chi connectivity index (χ2n) is 5.53. The zero-order chi connectivity index (χ0) is 17.9. The van der Waals surface area contributed by atoms with Gasteiger partial charge in [0.05, 0.1) is 0 Å². The van der Waals surface area contributed by atoms with Crippen molar-refractivity contribution in [1.82, 2.24) is 9.03 Å². The zero-order valence-corrected chi connectivity index (χ0v) is 15.5. The summed E-state index contributed by atoms with van der Waals surface area (Å²) in [5, 5.41) is 0. The Labute approximate surface area is 139 Å². The van der Waals surface area contributed by atoms with Crippen LogP contribution in [0.3, 0.4) is 0 Å². The summed E-state index contributed by atoms with van der Waals surface area (Å²) in [6.45, 7) is 3.80. The fraction of sp³-hybridized carbons (Fsp3) is 0.571. The maximum atomic E-state index is 12.8. The van der Waals surface area contributed by atoms with E-state index in [0.717, 1.165) is 4.31 Å². The molecule has 0 spiro atoms. The number of nitrogens with two attached hydrogens (primary N) is 1. The number of benzene rings is 1. The minimum atomic E-state index is -4.04. The summed E-state index contributed by atoms with van der Waals surface area (Å²) in [6, 6.07) is 5.55. The third-order valence-electron chi connectivity index (χ3n) is 3.99. The van der Waals surface area contributed by atoms with Crippen LogP contribution in [0.4, 0.5) is 0 Å². The molecule has 0 aromatic heterocycles. The fourth-order valence-corrected chi connectivity index (χ4v) is 5.40. The molecule has 0 bridgehead atoms. The highest BCUT2D eigenvalue weighted by Crippen LogP contribution is 2.25. The highest BCUT2D eigenvalue weighted by atomic mass is 32.2. The number of nitrogens with one attached hydrogen (secondary N) is 1. The maximum Gasteiger partial charge on any atom is 0.243 e. The van der Waals surface area contributed by atoms with Gasteiger partial charge in [0.25, 0.3) is 0 Å². The Morgan fingerprint density at radius 2 is 1.52 bits per heavy atom. The van der Waals surface area contributed by atoms with Gasteiger partial charge in [-0.05, 0) is 25.0 Å². The first-order valence-electron chi connectivity index (χ1n) is 7.32. The van der Waals surface area contributed by atoms with Crippen molar-refractivity contribution in [2.75, 3.05) is 20.6 Å². The lowest BCUT2D eigenvalue weighted by Crippen LogP contribution is -2.52. The highest BCUT2D eigenvalue weighted by Gasteiger charge is 2.34. The summed E-state index contributed by atoms with van der Waals surface area (Å²) in [7, 11) is -5.21. The van der Waals surface area contributed by atoms with E-state index in [0.29, 0.717) is 12.8 Å². The summed E-state index contributed by atoms with van der Waals surface area (Å²) in [5.74, 6) is 0. The number of rotatable bonds is 8. The van der Waals surface area contributed by atoms with Gasteiger partial charge in [-0.2, -0.15) is 0 Å². The van der Waals surface area contributed by atoms with Gasteiger partial charge in [-0.3, -0.25) is 0 Å². The molecule has 0 saturated heterocycles. The van der Waals surface area contributed by atoms with Crippen molar-refractivity contribution in [2.45, 2.75) is 42.0 Å². The Morgan fingerprint density at radius 1 is 1.04 bits per heavy atom. The van der Waals surface area contributed by atoms with Crippen molar-refractivity contribution < 1.29 is 16.8 Å². The minimum Gasteiger partial charge on any atom is -0.329 e. The zero-order valence-electron chi connectivity index (χ0n) is 13.9. The molecule has 132 valence electrons. The molecule has 0 atom stereocenters. The molecule has 1 aromatic rings. The molecular weight excluding hydrogens is 338 g/mol. The largest absolute Gasteiger partial charge is 0.329 e. The van der Waals surface area contributed by atoms with Crippen molar-refractivity contribution in [1.29, 1.82) is 0 Å².